The molecule has 0 spiro atoms. The second-order valence-corrected chi connectivity index (χ2v) is 11.9. The summed E-state index contributed by atoms with van der Waals surface area (Å²) >= 11 is 0. The quantitative estimate of drug-likeness (QED) is 0.197. The third kappa shape index (κ3) is 5.53. The number of hydrogen-bond donors (Lipinski definition) is 0. The molecule has 221 valence electrons. The van der Waals surface area contributed by atoms with Crippen LogP contribution < -0.4 is 36.8 Å². The number of hydrogen-bond acceptors (Lipinski definition) is 2. The van der Waals surface area contributed by atoms with Gasteiger partial charge in [-0.15, -0.1) is 0 Å². The first-order valence-corrected chi connectivity index (χ1v) is 16.1. The average molecular weight is 601 g/mol. The molecule has 4 heteroatoms. The molecule has 47 heavy (non-hydrogen) atoms. The predicted molar refractivity (Wildman–Crippen MR) is 198 cm³/mol. The van der Waals surface area contributed by atoms with Crippen LogP contribution in [-0.2, 0) is 0 Å². The van der Waals surface area contributed by atoms with E-state index >= 15 is 0 Å². The van der Waals surface area contributed by atoms with Gasteiger partial charge < -0.3 is 9.47 Å². The van der Waals surface area contributed by atoms with E-state index in [2.05, 4.69) is 154 Å². The highest BCUT2D eigenvalue weighted by molar-refractivity contribution is 6.98. The minimum atomic E-state index is 0.0484. The monoisotopic (exact) mass is 601 g/mol. The van der Waals surface area contributed by atoms with Crippen LogP contribution in [0.2, 0.25) is 0 Å². The van der Waals surface area contributed by atoms with E-state index in [1.165, 1.54) is 38.7 Å². The highest BCUT2D eigenvalue weighted by atomic mass is 16.5. The molecule has 0 unspecified atom stereocenters. The Kier molecular flexibility index (Phi) is 7.69. The number of aryl methyl sites for hydroxylation is 1. The number of rotatable bonds is 3. The Morgan fingerprint density at radius 2 is 1.00 bits per heavy atom. The summed E-state index contributed by atoms with van der Waals surface area (Å²) in [6, 6.07) is 59.0. The van der Waals surface area contributed by atoms with Gasteiger partial charge in [0.2, 0.25) is 7.28 Å². The van der Waals surface area contributed by atoms with E-state index in [4.69, 9.17) is 9.47 Å². The van der Waals surface area contributed by atoms with Gasteiger partial charge in [0.1, 0.15) is 23.0 Å². The van der Waals surface area contributed by atoms with Crippen molar-refractivity contribution in [3.05, 3.63) is 175 Å². The van der Waals surface area contributed by atoms with Gasteiger partial charge in [0, 0.05) is 5.46 Å². The lowest BCUT2D eigenvalue weighted by Crippen LogP contribution is -2.57. The molecule has 0 amide bonds. The average Bonchev–Trinajstić information content (AvgIpc) is 3.14. The summed E-state index contributed by atoms with van der Waals surface area (Å²) in [6.07, 6.45) is 0. The summed E-state index contributed by atoms with van der Waals surface area (Å²) in [5, 5.41) is 0. The molecule has 1 radical (unpaired) electrons. The molecule has 2 heterocycles. The van der Waals surface area contributed by atoms with Gasteiger partial charge in [0.25, 0.3) is 6.71 Å². The first-order valence-electron chi connectivity index (χ1n) is 16.1. The fourth-order valence-electron chi connectivity index (χ4n) is 6.70. The van der Waals surface area contributed by atoms with Crippen LogP contribution in [0.4, 0.5) is 0 Å². The maximum absolute atomic E-state index is 6.58. The second-order valence-electron chi connectivity index (χ2n) is 11.9. The zero-order valence-electron chi connectivity index (χ0n) is 26.1. The molecule has 2 aliphatic rings. The summed E-state index contributed by atoms with van der Waals surface area (Å²) < 4.78 is 12.8. The maximum Gasteiger partial charge on any atom is 0.251 e. The van der Waals surface area contributed by atoms with Crippen molar-refractivity contribution in [3.8, 4) is 45.3 Å². The Morgan fingerprint density at radius 3 is 1.74 bits per heavy atom. The summed E-state index contributed by atoms with van der Waals surface area (Å²) in [4.78, 5) is 0. The van der Waals surface area contributed by atoms with E-state index in [0.717, 1.165) is 39.4 Å². The first kappa shape index (κ1) is 28.7. The molecule has 0 N–H and O–H groups in total. The molecule has 2 aliphatic heterocycles. The van der Waals surface area contributed by atoms with Gasteiger partial charge in [-0.25, -0.2) is 0 Å². The van der Waals surface area contributed by atoms with Crippen LogP contribution in [0.1, 0.15) is 5.56 Å². The van der Waals surface area contributed by atoms with Gasteiger partial charge in [-0.1, -0.05) is 157 Å². The van der Waals surface area contributed by atoms with Crippen molar-refractivity contribution in [2.45, 2.75) is 6.92 Å². The normalized spacial score (nSPS) is 12.0. The van der Waals surface area contributed by atoms with Crippen LogP contribution in [0, 0.1) is 6.92 Å². The van der Waals surface area contributed by atoms with Crippen molar-refractivity contribution in [1.82, 2.24) is 0 Å². The van der Waals surface area contributed by atoms with E-state index in [9.17, 15) is 0 Å². The zero-order chi connectivity index (χ0) is 31.6. The molecule has 7 aromatic rings. The standard InChI is InChI=1S/C30H19B2O2.C13H12/c1-2-10-20(11-3-1)21-12-4-6-14-23(21)32-24-15-7-9-17-27(24)34-30-25(32)18-19-28-29(30)31-22-13-5-8-16-26(22)33-28;1-11-7-5-6-10-13(11)12-8-3-2-4-9-12/h1-19H;2-10H,1H3. The highest BCUT2D eigenvalue weighted by Crippen LogP contribution is 2.31. The molecule has 0 atom stereocenters. The van der Waals surface area contributed by atoms with Crippen molar-refractivity contribution >= 4 is 41.3 Å². The maximum atomic E-state index is 6.58. The third-order valence-corrected chi connectivity index (χ3v) is 8.96. The molecular formula is C43H31B2O2. The Morgan fingerprint density at radius 1 is 0.426 bits per heavy atom. The SMILES string of the molecule is Cc1ccccc1-c1ccccc1.[B]1c2ccccc2Oc2ccc3c(c21)Oc1ccccc1B3c1ccccc1-c1ccccc1. The third-order valence-electron chi connectivity index (χ3n) is 8.96. The Labute approximate surface area is 277 Å². The van der Waals surface area contributed by atoms with Gasteiger partial charge in [0.05, 0.1) is 0 Å². The lowest BCUT2D eigenvalue weighted by atomic mass is 9.34. The van der Waals surface area contributed by atoms with Gasteiger partial charge in [-0.2, -0.15) is 0 Å². The van der Waals surface area contributed by atoms with Crippen LogP contribution in [-0.4, -0.2) is 14.0 Å². The van der Waals surface area contributed by atoms with Crippen LogP contribution in [0.5, 0.6) is 23.0 Å². The van der Waals surface area contributed by atoms with Gasteiger partial charge in [-0.05, 0) is 69.3 Å². The van der Waals surface area contributed by atoms with E-state index in [1.807, 2.05) is 30.3 Å². The van der Waals surface area contributed by atoms with Crippen molar-refractivity contribution in [2.24, 2.45) is 0 Å². The predicted octanol–water partition coefficient (Wildman–Crippen LogP) is 7.40. The minimum Gasteiger partial charge on any atom is -0.459 e. The van der Waals surface area contributed by atoms with Crippen molar-refractivity contribution < 1.29 is 9.47 Å². The molecular weight excluding hydrogens is 570 g/mol. The molecule has 0 fully saturated rings. The lowest BCUT2D eigenvalue weighted by molar-refractivity contribution is 0.469. The number of fused-ring (bicyclic) bond motifs is 5. The summed E-state index contributed by atoms with van der Waals surface area (Å²) in [6.45, 7) is 2.19. The zero-order valence-corrected chi connectivity index (χ0v) is 26.1. The smallest absolute Gasteiger partial charge is 0.251 e. The van der Waals surface area contributed by atoms with E-state index in [1.54, 1.807) is 0 Å². The summed E-state index contributed by atoms with van der Waals surface area (Å²) in [7, 11) is 2.18. The topological polar surface area (TPSA) is 18.5 Å². The van der Waals surface area contributed by atoms with Crippen LogP contribution in [0.3, 0.4) is 0 Å². The molecule has 0 saturated heterocycles. The Balaban J connectivity index is 0.000000209. The van der Waals surface area contributed by atoms with Crippen molar-refractivity contribution in [3.63, 3.8) is 0 Å². The Hall–Kier alpha value is -5.73. The summed E-state index contributed by atoms with van der Waals surface area (Å²) in [5.74, 6) is 3.46. The molecule has 9 rings (SSSR count). The molecule has 0 saturated carbocycles. The van der Waals surface area contributed by atoms with Gasteiger partial charge >= 0.3 is 0 Å². The van der Waals surface area contributed by atoms with E-state index < -0.39 is 0 Å². The fraction of sp³-hybridized carbons (Fsp3) is 0.0233. The minimum absolute atomic E-state index is 0.0484. The highest BCUT2D eigenvalue weighted by Gasteiger charge is 2.36. The van der Waals surface area contributed by atoms with Crippen LogP contribution in [0.25, 0.3) is 22.3 Å². The van der Waals surface area contributed by atoms with Crippen LogP contribution in [0.15, 0.2) is 170 Å². The lowest BCUT2D eigenvalue weighted by Gasteiger charge is -2.31. The molecule has 7 aromatic carbocycles. The van der Waals surface area contributed by atoms with Gasteiger partial charge in [-0.3, -0.25) is 0 Å². The van der Waals surface area contributed by atoms with E-state index in [-0.39, 0.29) is 6.71 Å². The number of benzene rings is 7. The van der Waals surface area contributed by atoms with Crippen LogP contribution >= 0.6 is 0 Å². The van der Waals surface area contributed by atoms with Crippen molar-refractivity contribution in [1.29, 1.82) is 0 Å². The van der Waals surface area contributed by atoms with Gasteiger partial charge in [0.15, 0.2) is 0 Å². The molecule has 0 bridgehead atoms. The van der Waals surface area contributed by atoms with E-state index in [0.29, 0.717) is 0 Å². The molecule has 2 nitrogen and oxygen atoms in total. The fourth-order valence-corrected chi connectivity index (χ4v) is 6.70. The molecule has 0 aliphatic carbocycles. The molecule has 0 aromatic heterocycles. The second kappa shape index (κ2) is 12.6. The largest absolute Gasteiger partial charge is 0.459 e. The number of ether oxygens (including phenoxy) is 2. The first-order chi connectivity index (χ1) is 23.2. The summed E-state index contributed by atoms with van der Waals surface area (Å²) in [5.41, 5.74) is 12.0. The van der Waals surface area contributed by atoms with Crippen molar-refractivity contribution in [2.75, 3.05) is 0 Å². The number of para-hydroxylation sites is 2. The Bertz CT molecular complexity index is 2190.